The Morgan fingerprint density at radius 3 is 2.56 bits per heavy atom. The van der Waals surface area contributed by atoms with Crippen molar-refractivity contribution in [3.05, 3.63) is 0 Å². The van der Waals surface area contributed by atoms with Crippen molar-refractivity contribution in [2.75, 3.05) is 13.1 Å². The second-order valence-electron chi connectivity index (χ2n) is 4.61. The maximum Gasteiger partial charge on any atom is 0.311 e. The number of rotatable bonds is 4. The Bertz CT molecular complexity index is 273. The van der Waals surface area contributed by atoms with Gasteiger partial charge in [0, 0.05) is 19.5 Å². The molecule has 1 atom stereocenters. The van der Waals surface area contributed by atoms with E-state index in [1.54, 1.807) is 4.90 Å². The number of carbonyl (C=O) groups excluding carboxylic acids is 1. The van der Waals surface area contributed by atoms with Gasteiger partial charge in [0.2, 0.25) is 5.91 Å². The molecule has 0 radical (unpaired) electrons. The summed E-state index contributed by atoms with van der Waals surface area (Å²) in [5.41, 5.74) is -0.697. The van der Waals surface area contributed by atoms with Gasteiger partial charge >= 0.3 is 5.97 Å². The summed E-state index contributed by atoms with van der Waals surface area (Å²) in [7, 11) is 0. The van der Waals surface area contributed by atoms with Crippen molar-refractivity contribution in [2.24, 2.45) is 5.41 Å². The van der Waals surface area contributed by atoms with Crippen LogP contribution in [0.25, 0.3) is 0 Å². The fourth-order valence-corrected chi connectivity index (χ4v) is 2.53. The number of aliphatic carboxylic acids is 1. The van der Waals surface area contributed by atoms with Crippen molar-refractivity contribution < 1.29 is 14.7 Å². The number of nitrogens with zero attached hydrogens (tertiary/aromatic N) is 1. The van der Waals surface area contributed by atoms with Gasteiger partial charge < -0.3 is 10.0 Å². The Morgan fingerprint density at radius 1 is 1.38 bits per heavy atom. The molecule has 0 aromatic rings. The minimum atomic E-state index is -0.747. The number of hydrogen-bond donors (Lipinski definition) is 1. The van der Waals surface area contributed by atoms with E-state index in [9.17, 15) is 14.7 Å². The Hall–Kier alpha value is -1.06. The van der Waals surface area contributed by atoms with Crippen LogP contribution in [0.3, 0.4) is 0 Å². The van der Waals surface area contributed by atoms with Crippen LogP contribution in [0.2, 0.25) is 0 Å². The van der Waals surface area contributed by atoms with E-state index in [1.165, 1.54) is 0 Å². The van der Waals surface area contributed by atoms with Crippen LogP contribution in [-0.4, -0.2) is 35.0 Å². The highest BCUT2D eigenvalue weighted by Crippen LogP contribution is 2.35. The molecule has 1 unspecified atom stereocenters. The molecule has 0 spiro atoms. The second kappa shape index (κ2) is 5.32. The molecule has 0 aromatic heterocycles. The predicted molar refractivity (Wildman–Crippen MR) is 61.1 cm³/mol. The van der Waals surface area contributed by atoms with Crippen LogP contribution in [0.1, 0.15) is 46.0 Å². The smallest absolute Gasteiger partial charge is 0.311 e. The van der Waals surface area contributed by atoms with E-state index in [0.717, 1.165) is 12.8 Å². The molecule has 1 fully saturated rings. The zero-order valence-corrected chi connectivity index (χ0v) is 10.2. The molecule has 4 heteroatoms. The average molecular weight is 227 g/mol. The Labute approximate surface area is 96.6 Å². The van der Waals surface area contributed by atoms with Crippen LogP contribution in [0, 0.1) is 5.41 Å². The monoisotopic (exact) mass is 227 g/mol. The first kappa shape index (κ1) is 13.0. The molecule has 0 bridgehead atoms. The molecule has 1 aliphatic rings. The van der Waals surface area contributed by atoms with Crippen LogP contribution < -0.4 is 0 Å². The number of carboxylic acids is 1. The first-order chi connectivity index (χ1) is 7.55. The highest BCUT2D eigenvalue weighted by Gasteiger charge is 2.42. The zero-order valence-electron chi connectivity index (χ0n) is 10.2. The number of carbonyl (C=O) groups is 2. The predicted octanol–water partition coefficient (Wildman–Crippen LogP) is 1.89. The first-order valence-corrected chi connectivity index (χ1v) is 6.07. The average Bonchev–Trinajstić information content (AvgIpc) is 2.28. The quantitative estimate of drug-likeness (QED) is 0.798. The van der Waals surface area contributed by atoms with Gasteiger partial charge in [-0.25, -0.2) is 0 Å². The summed E-state index contributed by atoms with van der Waals surface area (Å²) < 4.78 is 0. The molecule has 1 amide bonds. The molecule has 16 heavy (non-hydrogen) atoms. The van der Waals surface area contributed by atoms with Gasteiger partial charge in [0.15, 0.2) is 0 Å². The van der Waals surface area contributed by atoms with E-state index in [1.807, 2.05) is 13.8 Å². The number of piperidine rings is 1. The second-order valence-corrected chi connectivity index (χ2v) is 4.61. The summed E-state index contributed by atoms with van der Waals surface area (Å²) in [5, 5.41) is 9.35. The maximum atomic E-state index is 11.6. The minimum absolute atomic E-state index is 0.0708. The van der Waals surface area contributed by atoms with Crippen molar-refractivity contribution in [2.45, 2.75) is 46.0 Å². The third-order valence-electron chi connectivity index (χ3n) is 3.41. The third-order valence-corrected chi connectivity index (χ3v) is 3.41. The molecule has 1 heterocycles. The molecular formula is C12H21NO3. The standard InChI is InChI=1S/C12H21NO3/c1-3-6-12(11(15)16)7-5-8-13(9-12)10(14)4-2/h3-9H2,1-2H3,(H,15,16). The maximum absolute atomic E-state index is 11.6. The lowest BCUT2D eigenvalue weighted by atomic mass is 9.76. The van der Waals surface area contributed by atoms with E-state index in [0.29, 0.717) is 32.4 Å². The largest absolute Gasteiger partial charge is 0.481 e. The fourth-order valence-electron chi connectivity index (χ4n) is 2.53. The van der Waals surface area contributed by atoms with Crippen LogP contribution in [0.4, 0.5) is 0 Å². The summed E-state index contributed by atoms with van der Waals surface area (Å²) in [6, 6.07) is 0. The van der Waals surface area contributed by atoms with Gasteiger partial charge in [0.05, 0.1) is 5.41 Å². The van der Waals surface area contributed by atoms with Crippen molar-refractivity contribution in [3.8, 4) is 0 Å². The Morgan fingerprint density at radius 2 is 2.06 bits per heavy atom. The van der Waals surface area contributed by atoms with E-state index >= 15 is 0 Å². The molecule has 4 nitrogen and oxygen atoms in total. The van der Waals surface area contributed by atoms with Gasteiger partial charge in [-0.2, -0.15) is 0 Å². The number of carboxylic acid groups (broad SMARTS) is 1. The molecule has 1 aliphatic heterocycles. The fraction of sp³-hybridized carbons (Fsp3) is 0.833. The van der Waals surface area contributed by atoms with Crippen LogP contribution in [0.15, 0.2) is 0 Å². The minimum Gasteiger partial charge on any atom is -0.481 e. The lowest BCUT2D eigenvalue weighted by Crippen LogP contribution is -2.49. The molecule has 1 saturated heterocycles. The van der Waals surface area contributed by atoms with Gasteiger partial charge in [-0.05, 0) is 19.3 Å². The van der Waals surface area contributed by atoms with E-state index < -0.39 is 11.4 Å². The van der Waals surface area contributed by atoms with Crippen molar-refractivity contribution in [1.29, 1.82) is 0 Å². The lowest BCUT2D eigenvalue weighted by molar-refractivity contribution is -0.155. The highest BCUT2D eigenvalue weighted by atomic mass is 16.4. The normalized spacial score (nSPS) is 25.5. The van der Waals surface area contributed by atoms with Gasteiger partial charge in [0.25, 0.3) is 0 Å². The van der Waals surface area contributed by atoms with Gasteiger partial charge in [-0.3, -0.25) is 9.59 Å². The van der Waals surface area contributed by atoms with E-state index in [4.69, 9.17) is 0 Å². The van der Waals surface area contributed by atoms with Crippen LogP contribution >= 0.6 is 0 Å². The van der Waals surface area contributed by atoms with Gasteiger partial charge in [-0.15, -0.1) is 0 Å². The molecular weight excluding hydrogens is 206 g/mol. The topological polar surface area (TPSA) is 57.6 Å². The van der Waals surface area contributed by atoms with Crippen molar-refractivity contribution in [3.63, 3.8) is 0 Å². The molecule has 0 aliphatic carbocycles. The molecule has 0 aromatic carbocycles. The van der Waals surface area contributed by atoms with Gasteiger partial charge in [0.1, 0.15) is 0 Å². The third kappa shape index (κ3) is 2.54. The summed E-state index contributed by atoms with van der Waals surface area (Å²) >= 11 is 0. The highest BCUT2D eigenvalue weighted by molar-refractivity contribution is 5.79. The number of hydrogen-bond acceptors (Lipinski definition) is 2. The molecule has 1 N–H and O–H groups in total. The molecule has 1 rings (SSSR count). The molecule has 0 saturated carbocycles. The zero-order chi connectivity index (χ0) is 12.2. The van der Waals surface area contributed by atoms with Crippen LogP contribution in [-0.2, 0) is 9.59 Å². The SMILES string of the molecule is CCCC1(C(=O)O)CCCN(C(=O)CC)C1. The summed E-state index contributed by atoms with van der Waals surface area (Å²) in [4.78, 5) is 24.7. The number of amides is 1. The van der Waals surface area contributed by atoms with Crippen LogP contribution in [0.5, 0.6) is 0 Å². The Balaban J connectivity index is 2.79. The molecule has 92 valence electrons. The first-order valence-electron chi connectivity index (χ1n) is 6.07. The summed E-state index contributed by atoms with van der Waals surface area (Å²) in [6.45, 7) is 4.92. The summed E-state index contributed by atoms with van der Waals surface area (Å²) in [5.74, 6) is -0.676. The summed E-state index contributed by atoms with van der Waals surface area (Å²) in [6.07, 6.45) is 3.47. The Kier molecular flexibility index (Phi) is 4.33. The van der Waals surface area contributed by atoms with E-state index in [2.05, 4.69) is 0 Å². The van der Waals surface area contributed by atoms with Crippen molar-refractivity contribution >= 4 is 11.9 Å². The number of likely N-dealkylation sites (tertiary alicyclic amines) is 1. The lowest BCUT2D eigenvalue weighted by Gasteiger charge is -2.39. The van der Waals surface area contributed by atoms with E-state index in [-0.39, 0.29) is 5.91 Å². The van der Waals surface area contributed by atoms with Gasteiger partial charge in [-0.1, -0.05) is 20.3 Å². The van der Waals surface area contributed by atoms with Crippen molar-refractivity contribution in [1.82, 2.24) is 4.90 Å².